The second-order valence-corrected chi connectivity index (χ2v) is 6.54. The summed E-state index contributed by atoms with van der Waals surface area (Å²) in [6, 6.07) is 5.44. The number of guanidine groups is 1. The van der Waals surface area contributed by atoms with Gasteiger partial charge in [0.1, 0.15) is 17.9 Å². The fourth-order valence-corrected chi connectivity index (χ4v) is 3.04. The van der Waals surface area contributed by atoms with Gasteiger partial charge < -0.3 is 19.5 Å². The van der Waals surface area contributed by atoms with Gasteiger partial charge in [0.15, 0.2) is 5.96 Å². The van der Waals surface area contributed by atoms with Crippen molar-refractivity contribution in [1.29, 1.82) is 0 Å². The number of hydrogen-bond donors (Lipinski definition) is 1. The number of ether oxygens (including phenoxy) is 1. The lowest BCUT2D eigenvalue weighted by molar-refractivity contribution is 0.169. The number of nitrogens with one attached hydrogen (secondary N) is 1. The van der Waals surface area contributed by atoms with Crippen molar-refractivity contribution < 1.29 is 9.26 Å². The normalized spacial score (nSPS) is 15.8. The van der Waals surface area contributed by atoms with Crippen LogP contribution in [0.25, 0.3) is 0 Å². The number of nitrogens with zero attached hydrogens (tertiary/aromatic N) is 5. The number of pyridine rings is 1. The van der Waals surface area contributed by atoms with Gasteiger partial charge in [-0.3, -0.25) is 4.90 Å². The Morgan fingerprint density at radius 2 is 2.19 bits per heavy atom. The number of hydrogen-bond acceptors (Lipinski definition) is 6. The maximum Gasteiger partial charge on any atom is 0.232 e. The second-order valence-electron chi connectivity index (χ2n) is 6.13. The SMILES string of the molecule is CCNC(=NCCOc1ncccc1Cl)N1CCN(Cc2ccon2)CC1. The van der Waals surface area contributed by atoms with Crippen molar-refractivity contribution in [2.24, 2.45) is 4.99 Å². The smallest absolute Gasteiger partial charge is 0.232 e. The molecule has 0 bridgehead atoms. The zero-order valence-electron chi connectivity index (χ0n) is 15.5. The first-order valence-electron chi connectivity index (χ1n) is 9.14. The number of aliphatic imine (C=N–C) groups is 1. The molecule has 0 saturated carbocycles. The molecule has 146 valence electrons. The zero-order valence-corrected chi connectivity index (χ0v) is 16.2. The van der Waals surface area contributed by atoms with E-state index in [4.69, 9.17) is 20.9 Å². The maximum atomic E-state index is 6.04. The van der Waals surface area contributed by atoms with Crippen LogP contribution >= 0.6 is 11.6 Å². The van der Waals surface area contributed by atoms with E-state index in [2.05, 4.69) is 37.2 Å². The van der Waals surface area contributed by atoms with Crippen molar-refractivity contribution in [3.63, 3.8) is 0 Å². The number of halogens is 1. The third kappa shape index (κ3) is 5.83. The van der Waals surface area contributed by atoms with Gasteiger partial charge >= 0.3 is 0 Å². The van der Waals surface area contributed by atoms with Gasteiger partial charge in [-0.15, -0.1) is 0 Å². The summed E-state index contributed by atoms with van der Waals surface area (Å²) in [6.07, 6.45) is 3.27. The molecule has 0 aromatic carbocycles. The van der Waals surface area contributed by atoms with Crippen LogP contribution in [0.1, 0.15) is 12.6 Å². The number of aromatic nitrogens is 2. The van der Waals surface area contributed by atoms with E-state index in [9.17, 15) is 0 Å². The lowest BCUT2D eigenvalue weighted by atomic mass is 10.3. The first kappa shape index (κ1) is 19.4. The lowest BCUT2D eigenvalue weighted by Gasteiger charge is -2.36. The fraction of sp³-hybridized carbons (Fsp3) is 0.500. The summed E-state index contributed by atoms with van der Waals surface area (Å²) >= 11 is 6.04. The van der Waals surface area contributed by atoms with Crippen LogP contribution in [0.4, 0.5) is 0 Å². The molecule has 1 aliphatic heterocycles. The first-order chi connectivity index (χ1) is 13.3. The molecule has 1 fully saturated rings. The molecule has 0 aliphatic carbocycles. The van der Waals surface area contributed by atoms with Crippen molar-refractivity contribution >= 4 is 17.6 Å². The quantitative estimate of drug-likeness (QED) is 0.438. The fourth-order valence-electron chi connectivity index (χ4n) is 2.86. The Morgan fingerprint density at radius 1 is 1.33 bits per heavy atom. The highest BCUT2D eigenvalue weighted by Gasteiger charge is 2.20. The van der Waals surface area contributed by atoms with E-state index in [1.807, 2.05) is 6.07 Å². The van der Waals surface area contributed by atoms with Crippen molar-refractivity contribution in [1.82, 2.24) is 25.3 Å². The van der Waals surface area contributed by atoms with E-state index >= 15 is 0 Å². The topological polar surface area (TPSA) is 79.0 Å². The Hall–Kier alpha value is -2.32. The van der Waals surface area contributed by atoms with Crippen LogP contribution in [-0.2, 0) is 6.54 Å². The second kappa shape index (κ2) is 10.1. The van der Waals surface area contributed by atoms with E-state index in [1.165, 1.54) is 0 Å². The number of piperazine rings is 1. The molecule has 0 unspecified atom stereocenters. The van der Waals surface area contributed by atoms with Gasteiger partial charge in [0, 0.05) is 51.5 Å². The van der Waals surface area contributed by atoms with Crippen LogP contribution in [0.5, 0.6) is 5.88 Å². The lowest BCUT2D eigenvalue weighted by Crippen LogP contribution is -2.52. The monoisotopic (exact) mass is 392 g/mol. The Labute approximate surface area is 164 Å². The molecule has 0 atom stereocenters. The average Bonchev–Trinajstić information content (AvgIpc) is 3.19. The summed E-state index contributed by atoms with van der Waals surface area (Å²) < 4.78 is 10.5. The van der Waals surface area contributed by atoms with E-state index in [0.717, 1.165) is 50.9 Å². The predicted molar refractivity (Wildman–Crippen MR) is 104 cm³/mol. The predicted octanol–water partition coefficient (Wildman–Crippen LogP) is 1.89. The molecular weight excluding hydrogens is 368 g/mol. The van der Waals surface area contributed by atoms with Crippen molar-refractivity contribution in [3.05, 3.63) is 41.4 Å². The Balaban J connectivity index is 1.46. The van der Waals surface area contributed by atoms with Crippen molar-refractivity contribution in [3.8, 4) is 5.88 Å². The van der Waals surface area contributed by atoms with E-state index < -0.39 is 0 Å². The number of rotatable bonds is 7. The molecule has 27 heavy (non-hydrogen) atoms. The van der Waals surface area contributed by atoms with Crippen molar-refractivity contribution in [2.45, 2.75) is 13.5 Å². The first-order valence-corrected chi connectivity index (χ1v) is 9.52. The Bertz CT molecular complexity index is 716. The third-order valence-corrected chi connectivity index (χ3v) is 4.49. The molecule has 3 rings (SSSR count). The van der Waals surface area contributed by atoms with Crippen molar-refractivity contribution in [2.75, 3.05) is 45.9 Å². The molecule has 0 radical (unpaired) electrons. The highest BCUT2D eigenvalue weighted by Crippen LogP contribution is 2.19. The minimum Gasteiger partial charge on any atom is -0.475 e. The summed E-state index contributed by atoms with van der Waals surface area (Å²) in [7, 11) is 0. The van der Waals surface area contributed by atoms with Gasteiger partial charge in [-0.1, -0.05) is 16.8 Å². The van der Waals surface area contributed by atoms with Gasteiger partial charge in [-0.05, 0) is 19.1 Å². The summed E-state index contributed by atoms with van der Waals surface area (Å²) in [6.45, 7) is 8.41. The molecule has 1 aliphatic rings. The summed E-state index contributed by atoms with van der Waals surface area (Å²) in [4.78, 5) is 13.4. The van der Waals surface area contributed by atoms with Crippen LogP contribution in [-0.4, -0.2) is 71.8 Å². The minimum absolute atomic E-state index is 0.428. The van der Waals surface area contributed by atoms with Gasteiger partial charge in [-0.25, -0.2) is 9.98 Å². The van der Waals surface area contributed by atoms with Crippen LogP contribution in [0.3, 0.4) is 0 Å². The van der Waals surface area contributed by atoms with E-state index in [0.29, 0.717) is 24.1 Å². The highest BCUT2D eigenvalue weighted by molar-refractivity contribution is 6.31. The molecule has 3 heterocycles. The van der Waals surface area contributed by atoms with Gasteiger partial charge in [0.05, 0.1) is 12.2 Å². The molecule has 9 heteroatoms. The summed E-state index contributed by atoms with van der Waals surface area (Å²) in [5, 5.41) is 7.85. The summed E-state index contributed by atoms with van der Waals surface area (Å²) in [5.41, 5.74) is 0.967. The standard InChI is InChI=1S/C18H25ClN6O2/c1-2-20-18(22-7-13-26-17-16(19)4-3-6-21-17)25-10-8-24(9-11-25)14-15-5-12-27-23-15/h3-6,12H,2,7-11,13-14H2,1H3,(H,20,22). The third-order valence-electron chi connectivity index (χ3n) is 4.20. The van der Waals surface area contributed by atoms with Crippen LogP contribution < -0.4 is 10.1 Å². The van der Waals surface area contributed by atoms with Crippen LogP contribution in [0, 0.1) is 0 Å². The van der Waals surface area contributed by atoms with Crippen LogP contribution in [0.15, 0.2) is 40.2 Å². The summed E-state index contributed by atoms with van der Waals surface area (Å²) in [5.74, 6) is 1.36. The Morgan fingerprint density at radius 3 is 2.89 bits per heavy atom. The van der Waals surface area contributed by atoms with E-state index in [1.54, 1.807) is 24.6 Å². The molecule has 0 amide bonds. The highest BCUT2D eigenvalue weighted by atomic mass is 35.5. The van der Waals surface area contributed by atoms with Gasteiger partial charge in [0.25, 0.3) is 0 Å². The molecule has 1 N–H and O–H groups in total. The Kier molecular flexibility index (Phi) is 7.29. The maximum absolute atomic E-state index is 6.04. The van der Waals surface area contributed by atoms with Gasteiger partial charge in [0.2, 0.25) is 5.88 Å². The van der Waals surface area contributed by atoms with Crippen LogP contribution in [0.2, 0.25) is 5.02 Å². The molecule has 8 nitrogen and oxygen atoms in total. The molecule has 2 aromatic heterocycles. The average molecular weight is 393 g/mol. The zero-order chi connectivity index (χ0) is 18.9. The molecule has 0 spiro atoms. The molecule has 2 aromatic rings. The van der Waals surface area contributed by atoms with Gasteiger partial charge in [-0.2, -0.15) is 0 Å². The molecule has 1 saturated heterocycles. The minimum atomic E-state index is 0.428. The largest absolute Gasteiger partial charge is 0.475 e. The molecular formula is C18H25ClN6O2. The van der Waals surface area contributed by atoms with E-state index in [-0.39, 0.29) is 0 Å².